The molecule has 1 N–H and O–H groups in total. The van der Waals surface area contributed by atoms with Gasteiger partial charge in [-0.1, -0.05) is 0 Å². The van der Waals surface area contributed by atoms with Gasteiger partial charge in [0.15, 0.2) is 0 Å². The van der Waals surface area contributed by atoms with Crippen molar-refractivity contribution in [2.45, 2.75) is 64.3 Å². The maximum absolute atomic E-state index is 10.1. The molecule has 0 amide bonds. The Labute approximate surface area is 99.9 Å². The van der Waals surface area contributed by atoms with Crippen molar-refractivity contribution in [3.05, 3.63) is 0 Å². The maximum Gasteiger partial charge on any atom is 0.108 e. The molecular weight excluding hydrogens is 203 g/mol. The van der Waals surface area contributed by atoms with Crippen LogP contribution < -0.4 is 0 Å². The fourth-order valence-electron chi connectivity index (χ4n) is 2.34. The highest BCUT2D eigenvalue weighted by molar-refractivity contribution is 6.12. The zero-order valence-corrected chi connectivity index (χ0v) is 11.1. The van der Waals surface area contributed by atoms with Crippen LogP contribution in [0.1, 0.15) is 34.1 Å². The molecule has 16 heavy (non-hydrogen) atoms. The summed E-state index contributed by atoms with van der Waals surface area (Å²) in [6, 6.07) is 0. The lowest BCUT2D eigenvalue weighted by Gasteiger charge is -2.25. The molecule has 1 rings (SSSR count). The van der Waals surface area contributed by atoms with Gasteiger partial charge in [0.2, 0.25) is 0 Å². The van der Waals surface area contributed by atoms with Gasteiger partial charge >= 0.3 is 0 Å². The summed E-state index contributed by atoms with van der Waals surface area (Å²) in [5.74, 6) is 0.638. The molecule has 1 aliphatic rings. The predicted molar refractivity (Wildman–Crippen MR) is 67.5 cm³/mol. The van der Waals surface area contributed by atoms with Crippen LogP contribution >= 0.6 is 0 Å². The first-order valence-corrected chi connectivity index (χ1v) is 6.37. The summed E-state index contributed by atoms with van der Waals surface area (Å²) >= 11 is 0. The van der Waals surface area contributed by atoms with Gasteiger partial charge in [-0.3, -0.25) is 0 Å². The van der Waals surface area contributed by atoms with Crippen molar-refractivity contribution >= 4 is 7.85 Å². The number of hydrogen-bond donors (Lipinski definition) is 1. The minimum absolute atomic E-state index is 0.0613. The zero-order valence-electron chi connectivity index (χ0n) is 11.1. The van der Waals surface area contributed by atoms with E-state index >= 15 is 0 Å². The van der Waals surface area contributed by atoms with Crippen LogP contribution in [0.3, 0.4) is 0 Å². The second kappa shape index (κ2) is 6.03. The van der Waals surface area contributed by atoms with Crippen LogP contribution in [0.15, 0.2) is 0 Å². The largest absolute Gasteiger partial charge is 0.391 e. The Bertz CT molecular complexity index is 208. The van der Waals surface area contributed by atoms with E-state index in [1.54, 1.807) is 0 Å². The third-order valence-corrected chi connectivity index (χ3v) is 3.13. The Morgan fingerprint density at radius 2 is 1.88 bits per heavy atom. The summed E-state index contributed by atoms with van der Waals surface area (Å²) in [5, 5.41) is 10.1. The molecule has 0 aromatic carbocycles. The van der Waals surface area contributed by atoms with Crippen molar-refractivity contribution in [1.29, 1.82) is 0 Å². The van der Waals surface area contributed by atoms with E-state index in [9.17, 15) is 5.11 Å². The SMILES string of the molecule is B[C@@H]1C[C@H](COC(C)C)C(OC(C)C)C1O. The molecule has 0 aromatic heterocycles. The van der Waals surface area contributed by atoms with E-state index in [4.69, 9.17) is 9.47 Å². The van der Waals surface area contributed by atoms with E-state index in [0.29, 0.717) is 18.3 Å². The van der Waals surface area contributed by atoms with Crippen LogP contribution in [-0.4, -0.2) is 44.0 Å². The molecule has 0 heterocycles. The number of ether oxygens (including phenoxy) is 2. The fraction of sp³-hybridized carbons (Fsp3) is 1.00. The number of aliphatic hydroxyl groups excluding tert-OH is 1. The summed E-state index contributed by atoms with van der Waals surface area (Å²) < 4.78 is 11.5. The van der Waals surface area contributed by atoms with Crippen molar-refractivity contribution in [3.8, 4) is 0 Å². The lowest BCUT2D eigenvalue weighted by atomic mass is 9.84. The number of aliphatic hydroxyl groups is 1. The summed E-state index contributed by atoms with van der Waals surface area (Å²) in [7, 11) is 2.08. The minimum atomic E-state index is -0.344. The molecule has 0 radical (unpaired) electrons. The van der Waals surface area contributed by atoms with Crippen LogP contribution in [0, 0.1) is 5.92 Å². The maximum atomic E-state index is 10.1. The molecule has 0 bridgehead atoms. The Kier molecular flexibility index (Phi) is 5.28. The quantitative estimate of drug-likeness (QED) is 0.713. The van der Waals surface area contributed by atoms with Gasteiger partial charge in [-0.15, -0.1) is 0 Å². The molecule has 94 valence electrons. The lowest BCUT2D eigenvalue weighted by Crippen LogP contribution is -2.34. The average Bonchev–Trinajstić information content (AvgIpc) is 2.42. The van der Waals surface area contributed by atoms with E-state index in [1.807, 2.05) is 27.7 Å². The molecule has 0 saturated heterocycles. The van der Waals surface area contributed by atoms with Crippen LogP contribution in [0.2, 0.25) is 5.82 Å². The molecular formula is C12H25BO3. The highest BCUT2D eigenvalue weighted by Gasteiger charge is 2.41. The number of hydrogen-bond acceptors (Lipinski definition) is 3. The first kappa shape index (κ1) is 14.0. The first-order valence-electron chi connectivity index (χ1n) is 6.37. The Balaban J connectivity index is 2.52. The van der Waals surface area contributed by atoms with E-state index in [1.165, 1.54) is 0 Å². The molecule has 4 heteroatoms. The normalized spacial score (nSPS) is 35.2. The standard InChI is InChI=1S/C12H25BO3/c1-7(2)15-6-9-5-10(13)11(14)12(9)16-8(3)4/h7-12,14H,5-6,13H2,1-4H3/t9-,10-,11?,12?/m1/s1. The Morgan fingerprint density at radius 3 is 2.38 bits per heavy atom. The topological polar surface area (TPSA) is 38.7 Å². The Morgan fingerprint density at radius 1 is 1.25 bits per heavy atom. The van der Waals surface area contributed by atoms with Gasteiger partial charge in [-0.2, -0.15) is 0 Å². The monoisotopic (exact) mass is 228 g/mol. The van der Waals surface area contributed by atoms with Gasteiger partial charge in [0.25, 0.3) is 0 Å². The summed E-state index contributed by atoms with van der Waals surface area (Å²) in [6.45, 7) is 8.78. The average molecular weight is 228 g/mol. The van der Waals surface area contributed by atoms with Crippen molar-refractivity contribution in [2.24, 2.45) is 5.92 Å². The molecule has 3 nitrogen and oxygen atoms in total. The van der Waals surface area contributed by atoms with Gasteiger partial charge in [-0.05, 0) is 39.9 Å². The fourth-order valence-corrected chi connectivity index (χ4v) is 2.34. The van der Waals surface area contributed by atoms with Gasteiger partial charge < -0.3 is 14.6 Å². The van der Waals surface area contributed by atoms with Crippen molar-refractivity contribution in [1.82, 2.24) is 0 Å². The van der Waals surface area contributed by atoms with Crippen LogP contribution in [0.4, 0.5) is 0 Å². The van der Waals surface area contributed by atoms with Crippen LogP contribution in [0.25, 0.3) is 0 Å². The molecule has 0 aliphatic heterocycles. The highest BCUT2D eigenvalue weighted by atomic mass is 16.5. The zero-order chi connectivity index (χ0) is 12.3. The van der Waals surface area contributed by atoms with Crippen molar-refractivity contribution in [2.75, 3.05) is 6.61 Å². The molecule has 0 spiro atoms. The molecule has 1 saturated carbocycles. The van der Waals surface area contributed by atoms with E-state index < -0.39 is 0 Å². The minimum Gasteiger partial charge on any atom is -0.391 e. The van der Waals surface area contributed by atoms with E-state index in [0.717, 1.165) is 6.42 Å². The highest BCUT2D eigenvalue weighted by Crippen LogP contribution is 2.36. The third-order valence-electron chi connectivity index (χ3n) is 3.13. The van der Waals surface area contributed by atoms with Gasteiger partial charge in [0.1, 0.15) is 7.85 Å². The first-order chi connectivity index (χ1) is 7.41. The van der Waals surface area contributed by atoms with E-state index in [2.05, 4.69) is 7.85 Å². The van der Waals surface area contributed by atoms with Crippen LogP contribution in [-0.2, 0) is 9.47 Å². The molecule has 4 atom stereocenters. The summed E-state index contributed by atoms with van der Waals surface area (Å²) in [5.41, 5.74) is 0. The van der Waals surface area contributed by atoms with E-state index in [-0.39, 0.29) is 24.4 Å². The second-order valence-electron chi connectivity index (χ2n) is 5.50. The number of rotatable bonds is 5. The van der Waals surface area contributed by atoms with Gasteiger partial charge in [0.05, 0.1) is 31.0 Å². The van der Waals surface area contributed by atoms with Gasteiger partial charge in [0, 0.05) is 5.92 Å². The molecule has 1 fully saturated rings. The van der Waals surface area contributed by atoms with Crippen molar-refractivity contribution in [3.63, 3.8) is 0 Å². The van der Waals surface area contributed by atoms with Crippen LogP contribution in [0.5, 0.6) is 0 Å². The lowest BCUT2D eigenvalue weighted by molar-refractivity contribution is -0.0859. The summed E-state index contributed by atoms with van der Waals surface area (Å²) in [4.78, 5) is 0. The molecule has 0 aromatic rings. The summed E-state index contributed by atoms with van der Waals surface area (Å²) in [6.07, 6.45) is 0.988. The van der Waals surface area contributed by atoms with Gasteiger partial charge in [-0.25, -0.2) is 0 Å². The molecule has 2 unspecified atom stereocenters. The molecule has 1 aliphatic carbocycles. The van der Waals surface area contributed by atoms with Crippen molar-refractivity contribution < 1.29 is 14.6 Å². The Hall–Kier alpha value is -0.0551. The third kappa shape index (κ3) is 3.76. The predicted octanol–water partition coefficient (Wildman–Crippen LogP) is 1.01. The second-order valence-corrected chi connectivity index (χ2v) is 5.50. The smallest absolute Gasteiger partial charge is 0.108 e.